The Labute approximate surface area is 136 Å². The highest BCUT2D eigenvalue weighted by atomic mass is 16.5. The van der Waals surface area contributed by atoms with Crippen molar-refractivity contribution in [2.75, 3.05) is 33.3 Å². The van der Waals surface area contributed by atoms with Crippen molar-refractivity contribution >= 4 is 11.9 Å². The molecule has 0 unspecified atom stereocenters. The Morgan fingerprint density at radius 1 is 1.26 bits per heavy atom. The van der Waals surface area contributed by atoms with E-state index < -0.39 is 0 Å². The maximum Gasteiger partial charge on any atom is 0.306 e. The van der Waals surface area contributed by atoms with Crippen molar-refractivity contribution < 1.29 is 18.7 Å². The first-order chi connectivity index (χ1) is 11.0. The lowest BCUT2D eigenvalue weighted by Gasteiger charge is -2.47. The third kappa shape index (κ3) is 3.58. The topological polar surface area (TPSA) is 63.0 Å². The van der Waals surface area contributed by atoms with Crippen LogP contribution in [0.2, 0.25) is 0 Å². The van der Waals surface area contributed by atoms with Crippen LogP contribution in [-0.2, 0) is 20.9 Å². The summed E-state index contributed by atoms with van der Waals surface area (Å²) in [4.78, 5) is 27.6. The molecule has 23 heavy (non-hydrogen) atoms. The molecule has 1 aromatic rings. The lowest BCUT2D eigenvalue weighted by atomic mass is 9.79. The summed E-state index contributed by atoms with van der Waals surface area (Å²) in [6, 6.07) is 4.01. The number of rotatable bonds is 5. The molecule has 126 valence electrons. The minimum absolute atomic E-state index is 0.0624. The third-order valence-corrected chi connectivity index (χ3v) is 4.86. The molecule has 3 rings (SSSR count). The summed E-state index contributed by atoms with van der Waals surface area (Å²) in [6.45, 7) is 6.41. The van der Waals surface area contributed by atoms with Crippen LogP contribution in [0.5, 0.6) is 0 Å². The van der Waals surface area contributed by atoms with E-state index in [0.717, 1.165) is 50.7 Å². The first-order valence-electron chi connectivity index (χ1n) is 8.12. The summed E-state index contributed by atoms with van der Waals surface area (Å²) in [7, 11) is 1.35. The zero-order chi connectivity index (χ0) is 16.4. The molecule has 3 heterocycles. The number of nitrogens with zero attached hydrogens (tertiary/aromatic N) is 2. The van der Waals surface area contributed by atoms with E-state index in [0.29, 0.717) is 0 Å². The van der Waals surface area contributed by atoms with Gasteiger partial charge in [-0.3, -0.25) is 14.5 Å². The highest BCUT2D eigenvalue weighted by Gasteiger charge is 2.48. The number of esters is 1. The summed E-state index contributed by atoms with van der Waals surface area (Å²) in [5.41, 5.74) is 0.239. The van der Waals surface area contributed by atoms with E-state index in [2.05, 4.69) is 9.64 Å². The molecule has 6 nitrogen and oxygen atoms in total. The minimum atomic E-state index is -0.323. The molecule has 1 amide bonds. The molecule has 2 aliphatic heterocycles. The van der Waals surface area contributed by atoms with Crippen LogP contribution >= 0.6 is 0 Å². The number of carbonyl (C=O) groups is 2. The van der Waals surface area contributed by atoms with Gasteiger partial charge in [-0.25, -0.2) is 0 Å². The normalized spacial score (nSPS) is 19.8. The lowest BCUT2D eigenvalue weighted by Crippen LogP contribution is -2.57. The molecule has 0 aromatic carbocycles. The molecule has 0 radical (unpaired) electrons. The van der Waals surface area contributed by atoms with Gasteiger partial charge in [-0.1, -0.05) is 0 Å². The van der Waals surface area contributed by atoms with Crippen LogP contribution in [-0.4, -0.2) is 55.0 Å². The van der Waals surface area contributed by atoms with E-state index in [9.17, 15) is 9.59 Å². The molecule has 2 aliphatic rings. The average Bonchev–Trinajstić information content (AvgIpc) is 3.11. The molecule has 2 saturated heterocycles. The van der Waals surface area contributed by atoms with Crippen molar-refractivity contribution in [3.05, 3.63) is 23.7 Å². The smallest absolute Gasteiger partial charge is 0.306 e. The fourth-order valence-electron chi connectivity index (χ4n) is 3.68. The van der Waals surface area contributed by atoms with Crippen LogP contribution in [0.3, 0.4) is 0 Å². The zero-order valence-corrected chi connectivity index (χ0v) is 13.8. The second-order valence-electron chi connectivity index (χ2n) is 6.80. The van der Waals surface area contributed by atoms with Gasteiger partial charge in [0.05, 0.1) is 20.1 Å². The number of ether oxygens (including phenoxy) is 1. The van der Waals surface area contributed by atoms with E-state index >= 15 is 0 Å². The van der Waals surface area contributed by atoms with Crippen LogP contribution in [0.15, 0.2) is 16.5 Å². The SMILES string of the molecule is COC(=O)CCC(=O)N1CCC2(CN(Cc3ccc(C)o3)C2)C1. The number of aryl methyl sites for hydroxylation is 1. The van der Waals surface area contributed by atoms with E-state index in [4.69, 9.17) is 4.42 Å². The van der Waals surface area contributed by atoms with Crippen LogP contribution in [0.25, 0.3) is 0 Å². The molecule has 0 saturated carbocycles. The predicted octanol–water partition coefficient (Wildman–Crippen LogP) is 1.58. The van der Waals surface area contributed by atoms with Crippen molar-refractivity contribution in [1.82, 2.24) is 9.80 Å². The Kier molecular flexibility index (Phi) is 4.43. The van der Waals surface area contributed by atoms with Crippen molar-refractivity contribution in [3.63, 3.8) is 0 Å². The molecule has 2 fully saturated rings. The van der Waals surface area contributed by atoms with Crippen molar-refractivity contribution in [3.8, 4) is 0 Å². The third-order valence-electron chi connectivity index (χ3n) is 4.86. The largest absolute Gasteiger partial charge is 0.469 e. The minimum Gasteiger partial charge on any atom is -0.469 e. The summed E-state index contributed by atoms with van der Waals surface area (Å²) < 4.78 is 10.2. The molecule has 0 N–H and O–H groups in total. The van der Waals surface area contributed by atoms with E-state index in [1.807, 2.05) is 24.0 Å². The molecule has 6 heteroatoms. The summed E-state index contributed by atoms with van der Waals surface area (Å²) in [5.74, 6) is 1.68. The Morgan fingerprint density at radius 3 is 2.70 bits per heavy atom. The summed E-state index contributed by atoms with van der Waals surface area (Å²) >= 11 is 0. The zero-order valence-electron chi connectivity index (χ0n) is 13.8. The Morgan fingerprint density at radius 2 is 2.04 bits per heavy atom. The van der Waals surface area contributed by atoms with Crippen molar-refractivity contribution in [2.45, 2.75) is 32.7 Å². The van der Waals surface area contributed by atoms with Crippen LogP contribution in [0.4, 0.5) is 0 Å². The molecule has 0 atom stereocenters. The van der Waals surface area contributed by atoms with E-state index in [1.54, 1.807) is 0 Å². The number of hydrogen-bond acceptors (Lipinski definition) is 5. The van der Waals surface area contributed by atoms with Gasteiger partial charge >= 0.3 is 5.97 Å². The van der Waals surface area contributed by atoms with Gasteiger partial charge in [0.2, 0.25) is 5.91 Å². The van der Waals surface area contributed by atoms with Crippen molar-refractivity contribution in [2.24, 2.45) is 5.41 Å². The van der Waals surface area contributed by atoms with Gasteiger partial charge < -0.3 is 14.1 Å². The Hall–Kier alpha value is -1.82. The van der Waals surface area contributed by atoms with Crippen molar-refractivity contribution in [1.29, 1.82) is 0 Å². The van der Waals surface area contributed by atoms with Gasteiger partial charge in [0.1, 0.15) is 11.5 Å². The average molecular weight is 320 g/mol. The van der Waals surface area contributed by atoms with Gasteiger partial charge in [0, 0.05) is 38.0 Å². The quantitative estimate of drug-likeness (QED) is 0.771. The maximum atomic E-state index is 12.2. The number of amides is 1. The first-order valence-corrected chi connectivity index (χ1v) is 8.12. The number of carbonyl (C=O) groups excluding carboxylic acids is 2. The standard InChI is InChI=1S/C17H24N2O4/c1-13-3-4-14(23-13)9-18-10-17(11-18)7-8-19(12-17)15(20)5-6-16(21)22-2/h3-4H,5-12H2,1-2H3. The Bertz CT molecular complexity index is 589. The predicted molar refractivity (Wildman–Crippen MR) is 83.6 cm³/mol. The fourth-order valence-corrected chi connectivity index (χ4v) is 3.68. The second-order valence-corrected chi connectivity index (χ2v) is 6.80. The van der Waals surface area contributed by atoms with Gasteiger partial charge in [-0.2, -0.15) is 0 Å². The van der Waals surface area contributed by atoms with Gasteiger partial charge in [-0.05, 0) is 25.5 Å². The highest BCUT2D eigenvalue weighted by Crippen LogP contribution is 2.40. The van der Waals surface area contributed by atoms with Crippen LogP contribution in [0, 0.1) is 12.3 Å². The lowest BCUT2D eigenvalue weighted by molar-refractivity contribution is -0.143. The molecule has 1 spiro atoms. The van der Waals surface area contributed by atoms with Gasteiger partial charge in [-0.15, -0.1) is 0 Å². The monoisotopic (exact) mass is 320 g/mol. The van der Waals surface area contributed by atoms with Crippen LogP contribution in [0.1, 0.15) is 30.8 Å². The maximum absolute atomic E-state index is 12.2. The second kappa shape index (κ2) is 6.35. The molecule has 0 bridgehead atoms. The van der Waals surface area contributed by atoms with Crippen LogP contribution < -0.4 is 0 Å². The molecule has 0 aliphatic carbocycles. The summed E-state index contributed by atoms with van der Waals surface area (Å²) in [6.07, 6.45) is 1.46. The fraction of sp³-hybridized carbons (Fsp3) is 0.647. The highest BCUT2D eigenvalue weighted by molar-refractivity contribution is 5.81. The number of likely N-dealkylation sites (tertiary alicyclic amines) is 2. The number of hydrogen-bond donors (Lipinski definition) is 0. The summed E-state index contributed by atoms with van der Waals surface area (Å²) in [5, 5.41) is 0. The van der Waals surface area contributed by atoms with E-state index in [-0.39, 0.29) is 30.1 Å². The van der Waals surface area contributed by atoms with E-state index in [1.165, 1.54) is 7.11 Å². The molecule has 1 aromatic heterocycles. The first kappa shape index (κ1) is 16.1. The van der Waals surface area contributed by atoms with Gasteiger partial charge in [0.25, 0.3) is 0 Å². The number of methoxy groups -OCH3 is 1. The molecular weight excluding hydrogens is 296 g/mol. The molecular formula is C17H24N2O4. The number of furan rings is 1. The van der Waals surface area contributed by atoms with Gasteiger partial charge in [0.15, 0.2) is 0 Å². The Balaban J connectivity index is 1.43.